The molecule has 2 heterocycles. The van der Waals surface area contributed by atoms with Crippen LogP contribution in [-0.2, 0) is 0 Å². The summed E-state index contributed by atoms with van der Waals surface area (Å²) in [6.45, 7) is 8.48. The molecule has 3 rings (SSSR count). The average molecular weight is 324 g/mol. The van der Waals surface area contributed by atoms with Crippen LogP contribution in [0.1, 0.15) is 34.0 Å². The summed E-state index contributed by atoms with van der Waals surface area (Å²) in [5.41, 5.74) is 3.81. The largest absolute Gasteiger partial charge is 0.371 e. The summed E-state index contributed by atoms with van der Waals surface area (Å²) in [6.07, 6.45) is 1.09. The van der Waals surface area contributed by atoms with Crippen molar-refractivity contribution >= 4 is 11.6 Å². The molecule has 1 saturated heterocycles. The Hall–Kier alpha value is -2.43. The molecule has 1 N–H and O–H groups in total. The van der Waals surface area contributed by atoms with Crippen molar-refractivity contribution in [2.45, 2.75) is 27.2 Å². The third-order valence-electron chi connectivity index (χ3n) is 4.43. The molecule has 1 unspecified atom stereocenters. The van der Waals surface area contributed by atoms with Gasteiger partial charge in [-0.15, -0.1) is 0 Å². The number of aromatic nitrogens is 2. The van der Waals surface area contributed by atoms with Crippen LogP contribution in [0.15, 0.2) is 30.3 Å². The minimum absolute atomic E-state index is 0.114. The molecule has 126 valence electrons. The van der Waals surface area contributed by atoms with E-state index in [-0.39, 0.29) is 5.91 Å². The lowest BCUT2D eigenvalue weighted by Crippen LogP contribution is -2.31. The van der Waals surface area contributed by atoms with E-state index in [0.29, 0.717) is 24.0 Å². The Bertz CT molecular complexity index is 706. The van der Waals surface area contributed by atoms with Crippen molar-refractivity contribution in [1.82, 2.24) is 15.3 Å². The first-order valence-electron chi connectivity index (χ1n) is 8.43. The highest BCUT2D eigenvalue weighted by Crippen LogP contribution is 2.23. The molecule has 0 spiro atoms. The van der Waals surface area contributed by atoms with Gasteiger partial charge in [-0.3, -0.25) is 4.79 Å². The predicted octanol–water partition coefficient (Wildman–Crippen LogP) is 2.66. The van der Waals surface area contributed by atoms with Crippen molar-refractivity contribution in [1.29, 1.82) is 0 Å². The first kappa shape index (κ1) is 16.4. The number of amides is 1. The third-order valence-corrected chi connectivity index (χ3v) is 4.43. The lowest BCUT2D eigenvalue weighted by molar-refractivity contribution is 0.0942. The van der Waals surface area contributed by atoms with Crippen LogP contribution in [0.2, 0.25) is 0 Å². The molecule has 1 aliphatic heterocycles. The minimum Gasteiger partial charge on any atom is -0.371 e. The van der Waals surface area contributed by atoms with Gasteiger partial charge in [-0.05, 0) is 51.3 Å². The second kappa shape index (κ2) is 6.99. The maximum atomic E-state index is 12.3. The third kappa shape index (κ3) is 3.91. The maximum Gasteiger partial charge on any atom is 0.270 e. The van der Waals surface area contributed by atoms with Crippen LogP contribution in [-0.4, -0.2) is 35.5 Å². The van der Waals surface area contributed by atoms with Gasteiger partial charge in [0.2, 0.25) is 0 Å². The summed E-state index contributed by atoms with van der Waals surface area (Å²) in [5.74, 6) is 0.989. The molecule has 24 heavy (non-hydrogen) atoms. The van der Waals surface area contributed by atoms with Crippen LogP contribution in [0.5, 0.6) is 0 Å². The molecule has 5 heteroatoms. The molecule has 1 aromatic heterocycles. The Balaban J connectivity index is 1.54. The quantitative estimate of drug-likeness (QED) is 0.939. The Kier molecular flexibility index (Phi) is 4.79. The van der Waals surface area contributed by atoms with Crippen molar-refractivity contribution in [3.63, 3.8) is 0 Å². The normalized spacial score (nSPS) is 17.1. The van der Waals surface area contributed by atoms with Crippen molar-refractivity contribution in [3.05, 3.63) is 53.1 Å². The highest BCUT2D eigenvalue weighted by Gasteiger charge is 2.23. The van der Waals surface area contributed by atoms with Gasteiger partial charge in [-0.1, -0.05) is 17.7 Å². The number of nitrogens with one attached hydrogen (secondary N) is 1. The summed E-state index contributed by atoms with van der Waals surface area (Å²) in [4.78, 5) is 23.1. The van der Waals surface area contributed by atoms with E-state index in [1.54, 1.807) is 13.0 Å². The van der Waals surface area contributed by atoms with Crippen LogP contribution in [0, 0.1) is 26.7 Å². The van der Waals surface area contributed by atoms with E-state index in [1.165, 1.54) is 11.3 Å². The van der Waals surface area contributed by atoms with Crippen LogP contribution in [0.3, 0.4) is 0 Å². The second-order valence-electron chi connectivity index (χ2n) is 6.59. The first-order valence-corrected chi connectivity index (χ1v) is 8.43. The Labute approximate surface area is 143 Å². The van der Waals surface area contributed by atoms with Gasteiger partial charge in [0.1, 0.15) is 11.5 Å². The summed E-state index contributed by atoms with van der Waals surface area (Å²) < 4.78 is 0. The van der Waals surface area contributed by atoms with Gasteiger partial charge in [0.15, 0.2) is 0 Å². The summed E-state index contributed by atoms with van der Waals surface area (Å²) >= 11 is 0. The zero-order valence-electron chi connectivity index (χ0n) is 14.5. The van der Waals surface area contributed by atoms with E-state index < -0.39 is 0 Å². The molecule has 0 aliphatic carbocycles. The molecule has 1 aliphatic rings. The number of hydrogen-bond donors (Lipinski definition) is 1. The number of benzene rings is 1. The zero-order valence-corrected chi connectivity index (χ0v) is 14.5. The molecular formula is C19H24N4O. The van der Waals surface area contributed by atoms with Gasteiger partial charge < -0.3 is 10.2 Å². The molecule has 1 fully saturated rings. The highest BCUT2D eigenvalue weighted by molar-refractivity contribution is 5.92. The van der Waals surface area contributed by atoms with Gasteiger partial charge in [0.05, 0.1) is 0 Å². The maximum absolute atomic E-state index is 12.3. The van der Waals surface area contributed by atoms with Crippen LogP contribution in [0.4, 0.5) is 5.69 Å². The van der Waals surface area contributed by atoms with Gasteiger partial charge in [-0.25, -0.2) is 9.97 Å². The summed E-state index contributed by atoms with van der Waals surface area (Å²) in [7, 11) is 0. The van der Waals surface area contributed by atoms with Gasteiger partial charge in [-0.2, -0.15) is 0 Å². The van der Waals surface area contributed by atoms with Crippen LogP contribution in [0.25, 0.3) is 0 Å². The van der Waals surface area contributed by atoms with E-state index in [2.05, 4.69) is 51.4 Å². The van der Waals surface area contributed by atoms with Gasteiger partial charge >= 0.3 is 0 Å². The average Bonchev–Trinajstić information content (AvgIpc) is 3.01. The van der Waals surface area contributed by atoms with Crippen LogP contribution < -0.4 is 10.2 Å². The van der Waals surface area contributed by atoms with E-state index >= 15 is 0 Å². The Morgan fingerprint density at radius 3 is 2.67 bits per heavy atom. The Morgan fingerprint density at radius 2 is 1.96 bits per heavy atom. The Morgan fingerprint density at radius 1 is 1.21 bits per heavy atom. The van der Waals surface area contributed by atoms with E-state index in [4.69, 9.17) is 0 Å². The number of carbonyl (C=O) groups excluding carboxylic acids is 1. The van der Waals surface area contributed by atoms with Gasteiger partial charge in [0, 0.05) is 31.0 Å². The smallest absolute Gasteiger partial charge is 0.270 e. The number of hydrogen-bond acceptors (Lipinski definition) is 4. The molecule has 0 radical (unpaired) electrons. The number of rotatable bonds is 4. The molecule has 0 saturated carbocycles. The lowest BCUT2D eigenvalue weighted by atomic mass is 10.1. The number of aryl methyl sites for hydroxylation is 3. The summed E-state index contributed by atoms with van der Waals surface area (Å²) in [5, 5.41) is 3.02. The predicted molar refractivity (Wildman–Crippen MR) is 95.3 cm³/mol. The molecule has 5 nitrogen and oxygen atoms in total. The first-order chi connectivity index (χ1) is 11.5. The van der Waals surface area contributed by atoms with E-state index in [9.17, 15) is 4.79 Å². The summed E-state index contributed by atoms with van der Waals surface area (Å²) in [6, 6.07) is 10.4. The van der Waals surface area contributed by atoms with Crippen molar-refractivity contribution in [2.24, 2.45) is 5.92 Å². The fraction of sp³-hybridized carbons (Fsp3) is 0.421. The fourth-order valence-corrected chi connectivity index (χ4v) is 3.15. The standard InChI is InChI=1S/C19H24N4O/c1-13-4-6-17(7-5-13)23-9-8-16(12-23)11-20-19(24)18-10-14(2)21-15(3)22-18/h4-7,10,16H,8-9,11-12H2,1-3H3,(H,20,24). The molecule has 2 aromatic rings. The van der Waals surface area contributed by atoms with Crippen molar-refractivity contribution < 1.29 is 4.79 Å². The monoisotopic (exact) mass is 324 g/mol. The molecule has 1 aromatic carbocycles. The van der Waals surface area contributed by atoms with Gasteiger partial charge in [0.25, 0.3) is 5.91 Å². The zero-order chi connectivity index (χ0) is 17.1. The number of carbonyl (C=O) groups is 1. The molecular weight excluding hydrogens is 300 g/mol. The molecule has 0 bridgehead atoms. The highest BCUT2D eigenvalue weighted by atomic mass is 16.1. The fourth-order valence-electron chi connectivity index (χ4n) is 3.15. The number of nitrogens with zero attached hydrogens (tertiary/aromatic N) is 3. The minimum atomic E-state index is -0.114. The SMILES string of the molecule is Cc1ccc(N2CCC(CNC(=O)c3cc(C)nc(C)n3)C2)cc1. The topological polar surface area (TPSA) is 58.1 Å². The second-order valence-corrected chi connectivity index (χ2v) is 6.59. The van der Waals surface area contributed by atoms with E-state index in [1.807, 2.05) is 6.92 Å². The molecule has 1 amide bonds. The molecule has 1 atom stereocenters. The number of anilines is 1. The van der Waals surface area contributed by atoms with Crippen molar-refractivity contribution in [2.75, 3.05) is 24.5 Å². The van der Waals surface area contributed by atoms with Crippen LogP contribution >= 0.6 is 0 Å². The van der Waals surface area contributed by atoms with Crippen molar-refractivity contribution in [3.8, 4) is 0 Å². The lowest BCUT2D eigenvalue weighted by Gasteiger charge is -2.19. The van der Waals surface area contributed by atoms with E-state index in [0.717, 1.165) is 25.2 Å².